The maximum Gasteiger partial charge on any atom is 0.341 e. The number of esters is 1. The van der Waals surface area contributed by atoms with Crippen LogP contribution in [0.5, 0.6) is 0 Å². The highest BCUT2D eigenvalue weighted by atomic mass is 32.1. The Morgan fingerprint density at radius 1 is 1.10 bits per heavy atom. The van der Waals surface area contributed by atoms with Gasteiger partial charge in [-0.3, -0.25) is 9.59 Å². The van der Waals surface area contributed by atoms with E-state index in [1.54, 1.807) is 4.90 Å². The molecule has 1 aromatic heterocycles. The van der Waals surface area contributed by atoms with E-state index in [4.69, 9.17) is 4.74 Å². The SMILES string of the molecule is CC(=O)Nc1sc2c(c1C(=O)OCC(=O)N1CCCc3ccccc31)CCCC2. The van der Waals surface area contributed by atoms with Crippen molar-refractivity contribution in [2.24, 2.45) is 0 Å². The monoisotopic (exact) mass is 412 g/mol. The Labute approximate surface area is 173 Å². The molecular formula is C22H24N2O4S. The first-order valence-corrected chi connectivity index (χ1v) is 10.8. The van der Waals surface area contributed by atoms with Crippen LogP contribution in [-0.2, 0) is 33.6 Å². The molecule has 0 saturated heterocycles. The Hall–Kier alpha value is -2.67. The molecule has 0 atom stereocenters. The fourth-order valence-corrected chi connectivity index (χ4v) is 5.42. The van der Waals surface area contributed by atoms with E-state index in [1.165, 1.54) is 18.3 Å². The molecule has 1 aliphatic carbocycles. The second-order valence-corrected chi connectivity index (χ2v) is 8.56. The van der Waals surface area contributed by atoms with E-state index in [0.717, 1.165) is 60.2 Å². The van der Waals surface area contributed by atoms with Gasteiger partial charge in [0, 0.05) is 24.0 Å². The van der Waals surface area contributed by atoms with Gasteiger partial charge in [-0.05, 0) is 55.7 Å². The smallest absolute Gasteiger partial charge is 0.341 e. The number of nitrogens with zero attached hydrogens (tertiary/aromatic N) is 1. The minimum absolute atomic E-state index is 0.223. The Bertz CT molecular complexity index is 966. The lowest BCUT2D eigenvalue weighted by molar-refractivity contribution is -0.121. The molecule has 7 heteroatoms. The van der Waals surface area contributed by atoms with Gasteiger partial charge in [0.25, 0.3) is 5.91 Å². The Morgan fingerprint density at radius 3 is 2.72 bits per heavy atom. The third-order valence-corrected chi connectivity index (χ3v) is 6.61. The number of aryl methyl sites for hydroxylation is 2. The number of rotatable bonds is 4. The largest absolute Gasteiger partial charge is 0.452 e. The Balaban J connectivity index is 1.50. The van der Waals surface area contributed by atoms with Crippen molar-refractivity contribution in [3.8, 4) is 0 Å². The molecule has 0 radical (unpaired) electrons. The predicted molar refractivity (Wildman–Crippen MR) is 113 cm³/mol. The van der Waals surface area contributed by atoms with Crippen molar-refractivity contribution >= 4 is 39.8 Å². The molecule has 2 heterocycles. The van der Waals surface area contributed by atoms with Gasteiger partial charge in [0.15, 0.2) is 6.61 Å². The molecule has 4 rings (SSSR count). The highest BCUT2D eigenvalue weighted by molar-refractivity contribution is 7.17. The average molecular weight is 413 g/mol. The molecule has 0 spiro atoms. The number of amides is 2. The summed E-state index contributed by atoms with van der Waals surface area (Å²) in [7, 11) is 0. The van der Waals surface area contributed by atoms with Crippen molar-refractivity contribution in [1.82, 2.24) is 0 Å². The second kappa shape index (κ2) is 8.37. The molecule has 2 amide bonds. The molecule has 1 aliphatic heterocycles. The fraction of sp³-hybridized carbons (Fsp3) is 0.409. The zero-order valence-corrected chi connectivity index (χ0v) is 17.3. The summed E-state index contributed by atoms with van der Waals surface area (Å²) in [5.41, 5.74) is 3.42. The molecule has 2 aliphatic rings. The first-order valence-electron chi connectivity index (χ1n) is 10.0. The highest BCUT2D eigenvalue weighted by Crippen LogP contribution is 2.38. The van der Waals surface area contributed by atoms with E-state index in [-0.39, 0.29) is 18.4 Å². The van der Waals surface area contributed by atoms with E-state index in [0.29, 0.717) is 17.1 Å². The standard InChI is InChI=1S/C22H24N2O4S/c1-14(25)23-21-20(16-9-3-5-11-18(16)29-21)22(27)28-13-19(26)24-12-6-8-15-7-2-4-10-17(15)24/h2,4,7,10H,3,5-6,8-9,11-13H2,1H3,(H,23,25). The topological polar surface area (TPSA) is 75.7 Å². The molecule has 29 heavy (non-hydrogen) atoms. The van der Waals surface area contributed by atoms with Gasteiger partial charge >= 0.3 is 5.97 Å². The van der Waals surface area contributed by atoms with Gasteiger partial charge in [-0.25, -0.2) is 4.79 Å². The number of para-hydroxylation sites is 1. The molecule has 2 aromatic rings. The summed E-state index contributed by atoms with van der Waals surface area (Å²) in [6.45, 7) is 1.74. The van der Waals surface area contributed by atoms with Gasteiger partial charge in [-0.2, -0.15) is 0 Å². The van der Waals surface area contributed by atoms with Crippen LogP contribution < -0.4 is 10.2 Å². The van der Waals surface area contributed by atoms with Gasteiger partial charge in [-0.15, -0.1) is 11.3 Å². The number of thiophene rings is 1. The fourth-order valence-electron chi connectivity index (χ4n) is 4.10. The lowest BCUT2D eigenvalue weighted by Crippen LogP contribution is -2.38. The van der Waals surface area contributed by atoms with Crippen LogP contribution in [-0.4, -0.2) is 30.9 Å². The Morgan fingerprint density at radius 2 is 1.90 bits per heavy atom. The van der Waals surface area contributed by atoms with Crippen molar-refractivity contribution in [3.63, 3.8) is 0 Å². The van der Waals surface area contributed by atoms with E-state index < -0.39 is 5.97 Å². The summed E-state index contributed by atoms with van der Waals surface area (Å²) < 4.78 is 5.43. The number of ether oxygens (including phenoxy) is 1. The second-order valence-electron chi connectivity index (χ2n) is 7.45. The van der Waals surface area contributed by atoms with Crippen LogP contribution >= 0.6 is 11.3 Å². The van der Waals surface area contributed by atoms with Gasteiger partial charge < -0.3 is 15.0 Å². The average Bonchev–Trinajstić information content (AvgIpc) is 3.08. The number of carbonyl (C=O) groups excluding carboxylic acids is 3. The van der Waals surface area contributed by atoms with Crippen LogP contribution in [0.4, 0.5) is 10.7 Å². The third-order valence-electron chi connectivity index (χ3n) is 5.40. The zero-order chi connectivity index (χ0) is 20.4. The third kappa shape index (κ3) is 4.05. The molecule has 0 saturated carbocycles. The molecule has 0 fully saturated rings. The lowest BCUT2D eigenvalue weighted by Gasteiger charge is -2.29. The van der Waals surface area contributed by atoms with E-state index >= 15 is 0 Å². The molecule has 1 N–H and O–H groups in total. The van der Waals surface area contributed by atoms with Crippen LogP contribution in [0, 0.1) is 0 Å². The lowest BCUT2D eigenvalue weighted by atomic mass is 9.95. The summed E-state index contributed by atoms with van der Waals surface area (Å²) >= 11 is 1.44. The number of benzene rings is 1. The molecular weight excluding hydrogens is 388 g/mol. The zero-order valence-electron chi connectivity index (χ0n) is 16.5. The van der Waals surface area contributed by atoms with Crippen molar-refractivity contribution in [2.75, 3.05) is 23.4 Å². The molecule has 6 nitrogen and oxygen atoms in total. The van der Waals surface area contributed by atoms with Gasteiger partial charge in [-0.1, -0.05) is 18.2 Å². The van der Waals surface area contributed by atoms with Crippen molar-refractivity contribution in [1.29, 1.82) is 0 Å². The summed E-state index contributed by atoms with van der Waals surface area (Å²) in [6.07, 6.45) is 5.62. The quantitative estimate of drug-likeness (QED) is 0.777. The Kier molecular flexibility index (Phi) is 5.67. The predicted octanol–water partition coefficient (Wildman–Crippen LogP) is 3.72. The van der Waals surface area contributed by atoms with Crippen molar-refractivity contribution in [2.45, 2.75) is 45.4 Å². The summed E-state index contributed by atoms with van der Waals surface area (Å²) in [5, 5.41) is 3.29. The van der Waals surface area contributed by atoms with Gasteiger partial charge in [0.1, 0.15) is 5.00 Å². The van der Waals surface area contributed by atoms with Crippen molar-refractivity contribution in [3.05, 3.63) is 45.8 Å². The van der Waals surface area contributed by atoms with Gasteiger partial charge in [0.05, 0.1) is 5.56 Å². The first-order chi connectivity index (χ1) is 14.0. The number of hydrogen-bond acceptors (Lipinski definition) is 5. The van der Waals surface area contributed by atoms with Crippen LogP contribution in [0.2, 0.25) is 0 Å². The first kappa shape index (κ1) is 19.6. The summed E-state index contributed by atoms with van der Waals surface area (Å²) in [5.74, 6) is -0.985. The minimum Gasteiger partial charge on any atom is -0.452 e. The van der Waals surface area contributed by atoms with Gasteiger partial charge in [0.2, 0.25) is 5.91 Å². The number of anilines is 2. The molecule has 0 unspecified atom stereocenters. The van der Waals surface area contributed by atoms with Crippen LogP contribution in [0.25, 0.3) is 0 Å². The molecule has 1 aromatic carbocycles. The summed E-state index contributed by atoms with van der Waals surface area (Å²) in [4.78, 5) is 40.0. The number of fused-ring (bicyclic) bond motifs is 2. The van der Waals surface area contributed by atoms with Crippen molar-refractivity contribution < 1.29 is 19.1 Å². The van der Waals surface area contributed by atoms with Crippen LogP contribution in [0.3, 0.4) is 0 Å². The molecule has 0 bridgehead atoms. The number of nitrogens with one attached hydrogen (secondary N) is 1. The molecule has 152 valence electrons. The highest BCUT2D eigenvalue weighted by Gasteiger charge is 2.28. The minimum atomic E-state index is -0.535. The maximum atomic E-state index is 12.9. The number of carbonyl (C=O) groups is 3. The number of hydrogen-bond donors (Lipinski definition) is 1. The summed E-state index contributed by atoms with van der Waals surface area (Å²) in [6, 6.07) is 7.83. The van der Waals surface area contributed by atoms with E-state index in [2.05, 4.69) is 5.32 Å². The van der Waals surface area contributed by atoms with Crippen LogP contribution in [0.1, 0.15) is 52.5 Å². The maximum absolute atomic E-state index is 12.9. The van der Waals surface area contributed by atoms with E-state index in [1.807, 2.05) is 24.3 Å². The van der Waals surface area contributed by atoms with Crippen LogP contribution in [0.15, 0.2) is 24.3 Å². The van der Waals surface area contributed by atoms with E-state index in [9.17, 15) is 14.4 Å². The normalized spacial score (nSPS) is 15.3.